The highest BCUT2D eigenvalue weighted by molar-refractivity contribution is 6.35. The van der Waals surface area contributed by atoms with E-state index < -0.39 is 5.82 Å². The molecule has 3 aromatic carbocycles. The van der Waals surface area contributed by atoms with Crippen LogP contribution in [0.15, 0.2) is 42.5 Å². The lowest BCUT2D eigenvalue weighted by Crippen LogP contribution is -2.51. The molecule has 4 aromatic rings. The number of piperazine rings is 1. The lowest BCUT2D eigenvalue weighted by atomic mass is 9.96. The second-order valence-electron chi connectivity index (χ2n) is 11.1. The summed E-state index contributed by atoms with van der Waals surface area (Å²) in [7, 11) is 0. The molecule has 0 aliphatic carbocycles. The van der Waals surface area contributed by atoms with Gasteiger partial charge in [-0.15, -0.1) is 0 Å². The van der Waals surface area contributed by atoms with E-state index in [1.54, 1.807) is 12.1 Å². The number of fused-ring (bicyclic) bond motifs is 4. The number of halogens is 2. The molecule has 3 N–H and O–H groups in total. The average molecular weight is 564 g/mol. The van der Waals surface area contributed by atoms with Gasteiger partial charge in [0.1, 0.15) is 23.7 Å². The van der Waals surface area contributed by atoms with Gasteiger partial charge in [0.2, 0.25) is 0 Å². The van der Waals surface area contributed by atoms with E-state index in [1.165, 1.54) is 6.07 Å². The van der Waals surface area contributed by atoms with Gasteiger partial charge in [0, 0.05) is 55.8 Å². The van der Waals surface area contributed by atoms with Crippen LogP contribution in [0.1, 0.15) is 19.3 Å². The number of aliphatic hydroxyl groups is 1. The SMILES string of the molecule is Oc1cc(-c2c(Cl)cc3c(N4CC5CCC(C4)N5)nc(OCCN4CCC(O)C4)nc3c2F)c2ccccc2c1. The minimum Gasteiger partial charge on any atom is -0.508 e. The van der Waals surface area contributed by atoms with Gasteiger partial charge in [0.15, 0.2) is 5.82 Å². The van der Waals surface area contributed by atoms with E-state index in [0.29, 0.717) is 48.5 Å². The summed E-state index contributed by atoms with van der Waals surface area (Å²) in [5.41, 5.74) is 0.813. The van der Waals surface area contributed by atoms with Crippen molar-refractivity contribution < 1.29 is 19.3 Å². The molecule has 10 heteroatoms. The summed E-state index contributed by atoms with van der Waals surface area (Å²) in [6.07, 6.45) is 2.64. The first-order valence-corrected chi connectivity index (χ1v) is 14.3. The maximum atomic E-state index is 16.6. The Morgan fingerprint density at radius 3 is 2.60 bits per heavy atom. The summed E-state index contributed by atoms with van der Waals surface area (Å²) in [5.74, 6) is 0.0654. The van der Waals surface area contributed by atoms with Gasteiger partial charge in [-0.3, -0.25) is 4.90 Å². The van der Waals surface area contributed by atoms with Gasteiger partial charge < -0.3 is 25.2 Å². The molecule has 208 valence electrons. The Kier molecular flexibility index (Phi) is 6.62. The Labute approximate surface area is 236 Å². The zero-order valence-electron chi connectivity index (χ0n) is 22.0. The monoisotopic (exact) mass is 563 g/mol. The summed E-state index contributed by atoms with van der Waals surface area (Å²) in [5, 5.41) is 26.2. The van der Waals surface area contributed by atoms with Crippen LogP contribution in [0.4, 0.5) is 10.2 Å². The number of nitrogens with zero attached hydrogens (tertiary/aromatic N) is 4. The molecule has 3 unspecified atom stereocenters. The van der Waals surface area contributed by atoms with Crippen molar-refractivity contribution in [3.63, 3.8) is 0 Å². The first-order valence-electron chi connectivity index (χ1n) is 13.9. The molecule has 2 bridgehead atoms. The maximum absolute atomic E-state index is 16.6. The number of phenolic OH excluding ortho intramolecular Hbond substituents is 1. The number of anilines is 1. The van der Waals surface area contributed by atoms with Gasteiger partial charge in [-0.25, -0.2) is 4.39 Å². The second-order valence-corrected chi connectivity index (χ2v) is 11.5. The topological polar surface area (TPSA) is 94.0 Å². The lowest BCUT2D eigenvalue weighted by molar-refractivity contribution is 0.165. The van der Waals surface area contributed by atoms with Gasteiger partial charge in [0.25, 0.3) is 0 Å². The average Bonchev–Trinajstić information content (AvgIpc) is 3.51. The van der Waals surface area contributed by atoms with E-state index in [9.17, 15) is 10.2 Å². The Morgan fingerprint density at radius 1 is 1.02 bits per heavy atom. The number of nitrogens with one attached hydrogen (secondary N) is 1. The first-order chi connectivity index (χ1) is 19.4. The highest BCUT2D eigenvalue weighted by atomic mass is 35.5. The van der Waals surface area contributed by atoms with Crippen molar-refractivity contribution >= 4 is 39.1 Å². The number of hydrogen-bond donors (Lipinski definition) is 3. The summed E-state index contributed by atoms with van der Waals surface area (Å²) < 4.78 is 22.6. The fourth-order valence-electron chi connectivity index (χ4n) is 6.47. The Bertz CT molecular complexity index is 1590. The number of aliphatic hydroxyl groups excluding tert-OH is 1. The van der Waals surface area contributed by atoms with Crippen molar-refractivity contribution in [2.24, 2.45) is 0 Å². The minimum atomic E-state index is -0.576. The van der Waals surface area contributed by atoms with Gasteiger partial charge in [-0.1, -0.05) is 35.9 Å². The Hall–Kier alpha value is -3.24. The van der Waals surface area contributed by atoms with Crippen molar-refractivity contribution in [3.8, 4) is 22.9 Å². The number of β-amino-alcohol motifs (C(OH)–C–C–N with tert-alkyl or cyclic N) is 1. The molecule has 3 saturated heterocycles. The van der Waals surface area contributed by atoms with E-state index in [4.69, 9.17) is 21.3 Å². The van der Waals surface area contributed by atoms with E-state index in [0.717, 1.165) is 49.7 Å². The molecule has 4 heterocycles. The Balaban J connectivity index is 1.33. The number of aromatic nitrogens is 2. The fourth-order valence-corrected chi connectivity index (χ4v) is 6.76. The van der Waals surface area contributed by atoms with Gasteiger partial charge >= 0.3 is 6.01 Å². The van der Waals surface area contributed by atoms with Crippen LogP contribution < -0.4 is 15.0 Å². The highest BCUT2D eigenvalue weighted by Crippen LogP contribution is 2.42. The van der Waals surface area contributed by atoms with Crippen molar-refractivity contribution in [1.82, 2.24) is 20.2 Å². The van der Waals surface area contributed by atoms with Crippen LogP contribution in [0.3, 0.4) is 0 Å². The van der Waals surface area contributed by atoms with Gasteiger partial charge in [-0.2, -0.15) is 9.97 Å². The Morgan fingerprint density at radius 2 is 1.82 bits per heavy atom. The van der Waals surface area contributed by atoms with E-state index >= 15 is 4.39 Å². The number of ether oxygens (including phenoxy) is 1. The normalized spacial score (nSPS) is 23.0. The summed E-state index contributed by atoms with van der Waals surface area (Å²) in [4.78, 5) is 13.7. The molecular formula is C30H31ClFN5O3. The molecule has 3 aliphatic rings. The van der Waals surface area contributed by atoms with Crippen LogP contribution in [0.2, 0.25) is 5.02 Å². The van der Waals surface area contributed by atoms with Crippen LogP contribution in [-0.2, 0) is 0 Å². The summed E-state index contributed by atoms with van der Waals surface area (Å²) in [6, 6.07) is 13.2. The smallest absolute Gasteiger partial charge is 0.319 e. The fraction of sp³-hybridized carbons (Fsp3) is 0.400. The zero-order valence-corrected chi connectivity index (χ0v) is 22.7. The molecular weight excluding hydrogens is 533 g/mol. The lowest BCUT2D eigenvalue weighted by Gasteiger charge is -2.34. The summed E-state index contributed by atoms with van der Waals surface area (Å²) in [6.45, 7) is 3.88. The molecule has 1 aromatic heterocycles. The van der Waals surface area contributed by atoms with Crippen molar-refractivity contribution in [2.45, 2.75) is 37.5 Å². The van der Waals surface area contributed by atoms with Gasteiger partial charge in [0.05, 0.1) is 11.1 Å². The highest BCUT2D eigenvalue weighted by Gasteiger charge is 2.34. The number of hydrogen-bond acceptors (Lipinski definition) is 8. The third-order valence-electron chi connectivity index (χ3n) is 8.36. The number of benzene rings is 3. The molecule has 7 rings (SSSR count). The predicted molar refractivity (Wildman–Crippen MR) is 154 cm³/mol. The van der Waals surface area contributed by atoms with E-state index in [-0.39, 0.29) is 34.0 Å². The van der Waals surface area contributed by atoms with Crippen LogP contribution >= 0.6 is 11.6 Å². The maximum Gasteiger partial charge on any atom is 0.319 e. The van der Waals surface area contributed by atoms with E-state index in [2.05, 4.69) is 20.1 Å². The first kappa shape index (κ1) is 25.7. The van der Waals surface area contributed by atoms with Crippen molar-refractivity contribution in [2.75, 3.05) is 44.2 Å². The molecule has 3 fully saturated rings. The molecule has 8 nitrogen and oxygen atoms in total. The van der Waals surface area contributed by atoms with Crippen LogP contribution in [0, 0.1) is 5.82 Å². The van der Waals surface area contributed by atoms with Gasteiger partial charge in [-0.05, 0) is 53.8 Å². The number of aromatic hydroxyl groups is 1. The molecule has 0 amide bonds. The van der Waals surface area contributed by atoms with Crippen LogP contribution in [0.25, 0.3) is 32.8 Å². The molecule has 0 spiro atoms. The second kappa shape index (κ2) is 10.3. The third-order valence-corrected chi connectivity index (χ3v) is 8.66. The third kappa shape index (κ3) is 4.71. The minimum absolute atomic E-state index is 0.0278. The van der Waals surface area contributed by atoms with E-state index in [1.807, 2.05) is 24.3 Å². The largest absolute Gasteiger partial charge is 0.508 e. The van der Waals surface area contributed by atoms with Crippen LogP contribution in [-0.4, -0.2) is 82.6 Å². The molecule has 0 saturated carbocycles. The van der Waals surface area contributed by atoms with Crippen molar-refractivity contribution in [3.05, 3.63) is 53.3 Å². The molecule has 0 radical (unpaired) electrons. The van der Waals surface area contributed by atoms with Crippen molar-refractivity contribution in [1.29, 1.82) is 0 Å². The molecule has 40 heavy (non-hydrogen) atoms. The number of rotatable bonds is 6. The quantitative estimate of drug-likeness (QED) is 0.319. The predicted octanol–water partition coefficient (Wildman–Crippen LogP) is 4.33. The number of likely N-dealkylation sites (tertiary alicyclic amines) is 1. The zero-order chi connectivity index (χ0) is 27.4. The number of phenols is 1. The molecule has 3 aliphatic heterocycles. The standard InChI is InChI=1S/C30H31ClFN5O3/c31-25-13-24-28(27(32)26(25)23-12-21(39)11-17-3-1-2-4-22(17)23)34-30(40-10-9-36-8-7-20(38)16-36)35-29(24)37-14-18-5-6-19(15-37)33-18/h1-4,11-13,18-20,33,38-39H,5-10,14-16H2. The van der Waals surface area contributed by atoms with Crippen LogP contribution in [0.5, 0.6) is 11.8 Å². The summed E-state index contributed by atoms with van der Waals surface area (Å²) >= 11 is 6.82. The molecule has 3 atom stereocenters.